The van der Waals surface area contributed by atoms with Gasteiger partial charge in [0.25, 0.3) is 11.6 Å². The van der Waals surface area contributed by atoms with Crippen LogP contribution in [0.2, 0.25) is 0 Å². The molecule has 0 atom stereocenters. The van der Waals surface area contributed by atoms with Crippen molar-refractivity contribution in [2.45, 2.75) is 26.3 Å². The molecule has 160 valence electrons. The summed E-state index contributed by atoms with van der Waals surface area (Å²) in [5.74, 6) is -1.74. The van der Waals surface area contributed by atoms with Gasteiger partial charge in [0, 0.05) is 30.7 Å². The third-order valence-electron chi connectivity index (χ3n) is 4.71. The number of hydrogen-bond donors (Lipinski definition) is 1. The average molecular weight is 425 g/mol. The second kappa shape index (κ2) is 9.16. The van der Waals surface area contributed by atoms with Crippen LogP contribution in [0.5, 0.6) is 0 Å². The first-order valence-corrected chi connectivity index (χ1v) is 9.39. The topological polar surface area (TPSA) is 136 Å². The summed E-state index contributed by atoms with van der Waals surface area (Å²) >= 11 is 0. The predicted molar refractivity (Wildman–Crippen MR) is 108 cm³/mol. The molecule has 10 heteroatoms. The van der Waals surface area contributed by atoms with Crippen LogP contribution in [0.4, 0.5) is 11.4 Å². The number of nitrogens with one attached hydrogen (secondary N) is 1. The summed E-state index contributed by atoms with van der Waals surface area (Å²) in [6.07, 6.45) is 0.426. The van der Waals surface area contributed by atoms with Gasteiger partial charge < -0.3 is 10.1 Å². The number of nitro groups is 1. The van der Waals surface area contributed by atoms with Crippen LogP contribution in [-0.4, -0.2) is 40.1 Å². The normalized spacial score (nSPS) is 13.3. The van der Waals surface area contributed by atoms with E-state index in [0.29, 0.717) is 16.8 Å². The molecule has 0 radical (unpaired) electrons. The molecule has 2 aromatic carbocycles. The number of benzene rings is 2. The monoisotopic (exact) mass is 425 g/mol. The second-order valence-electron chi connectivity index (χ2n) is 6.95. The summed E-state index contributed by atoms with van der Waals surface area (Å²) in [7, 11) is 0. The lowest BCUT2D eigenvalue weighted by Crippen LogP contribution is -2.28. The molecule has 0 aliphatic carbocycles. The number of imide groups is 1. The smallest absolute Gasteiger partial charge is 0.338 e. The SMILES string of the molecule is Cc1cc([N+](=O)[O-])ccc1NC(=O)COC(=O)c1ccc(CN2C(=O)CCC2=O)cc1. The molecule has 0 bridgehead atoms. The first kappa shape index (κ1) is 21.6. The van der Waals surface area contributed by atoms with Crippen molar-refractivity contribution in [1.82, 2.24) is 4.90 Å². The number of non-ortho nitro benzene ring substituents is 1. The zero-order chi connectivity index (χ0) is 22.5. The molecule has 0 aromatic heterocycles. The predicted octanol–water partition coefficient (Wildman–Crippen LogP) is 2.35. The molecular formula is C21H19N3O7. The van der Waals surface area contributed by atoms with Gasteiger partial charge in [-0.05, 0) is 36.2 Å². The fraction of sp³-hybridized carbons (Fsp3) is 0.238. The van der Waals surface area contributed by atoms with E-state index in [9.17, 15) is 29.3 Å². The van der Waals surface area contributed by atoms with Crippen LogP contribution in [0, 0.1) is 17.0 Å². The molecule has 10 nitrogen and oxygen atoms in total. The number of esters is 1. The lowest BCUT2D eigenvalue weighted by Gasteiger charge is -2.14. The summed E-state index contributed by atoms with van der Waals surface area (Å²) in [6.45, 7) is 1.22. The van der Waals surface area contributed by atoms with Gasteiger partial charge in [0.05, 0.1) is 17.0 Å². The Morgan fingerprint density at radius 1 is 1.10 bits per heavy atom. The summed E-state index contributed by atoms with van der Waals surface area (Å²) in [4.78, 5) is 58.9. The molecule has 2 aromatic rings. The second-order valence-corrected chi connectivity index (χ2v) is 6.95. The van der Waals surface area contributed by atoms with Gasteiger partial charge in [0.1, 0.15) is 0 Å². The number of carbonyl (C=O) groups excluding carboxylic acids is 4. The summed E-state index contributed by atoms with van der Waals surface area (Å²) < 4.78 is 4.99. The van der Waals surface area contributed by atoms with E-state index >= 15 is 0 Å². The zero-order valence-corrected chi connectivity index (χ0v) is 16.6. The van der Waals surface area contributed by atoms with Crippen molar-refractivity contribution < 1.29 is 28.8 Å². The van der Waals surface area contributed by atoms with Crippen LogP contribution in [0.1, 0.15) is 34.3 Å². The van der Waals surface area contributed by atoms with E-state index in [1.165, 1.54) is 35.2 Å². The Hall–Kier alpha value is -4.08. The van der Waals surface area contributed by atoms with Crippen LogP contribution in [0.15, 0.2) is 42.5 Å². The van der Waals surface area contributed by atoms with Gasteiger partial charge in [0.15, 0.2) is 6.61 Å². The van der Waals surface area contributed by atoms with E-state index in [0.717, 1.165) is 0 Å². The van der Waals surface area contributed by atoms with Crippen molar-refractivity contribution in [2.75, 3.05) is 11.9 Å². The highest BCUT2D eigenvalue weighted by Gasteiger charge is 2.28. The molecule has 1 aliphatic heterocycles. The molecule has 1 aliphatic rings. The van der Waals surface area contributed by atoms with Gasteiger partial charge in [-0.1, -0.05) is 12.1 Å². The van der Waals surface area contributed by atoms with E-state index in [1.54, 1.807) is 19.1 Å². The fourth-order valence-corrected chi connectivity index (χ4v) is 3.03. The Balaban J connectivity index is 1.52. The Labute approximate surface area is 176 Å². The number of hydrogen-bond acceptors (Lipinski definition) is 7. The number of amides is 3. The zero-order valence-electron chi connectivity index (χ0n) is 16.6. The molecule has 31 heavy (non-hydrogen) atoms. The van der Waals surface area contributed by atoms with E-state index < -0.39 is 23.4 Å². The van der Waals surface area contributed by atoms with Gasteiger partial charge in [-0.15, -0.1) is 0 Å². The maximum atomic E-state index is 12.2. The number of likely N-dealkylation sites (tertiary alicyclic amines) is 1. The van der Waals surface area contributed by atoms with Crippen molar-refractivity contribution in [3.05, 3.63) is 69.3 Å². The molecule has 3 amide bonds. The van der Waals surface area contributed by atoms with Crippen molar-refractivity contribution >= 4 is 35.1 Å². The minimum atomic E-state index is -0.713. The first-order valence-electron chi connectivity index (χ1n) is 9.39. The number of nitrogens with zero attached hydrogens (tertiary/aromatic N) is 2. The van der Waals surface area contributed by atoms with Crippen molar-refractivity contribution in [2.24, 2.45) is 0 Å². The van der Waals surface area contributed by atoms with Crippen LogP contribution in [0.25, 0.3) is 0 Å². The van der Waals surface area contributed by atoms with E-state index in [2.05, 4.69) is 5.32 Å². The maximum Gasteiger partial charge on any atom is 0.338 e. The van der Waals surface area contributed by atoms with Crippen molar-refractivity contribution in [3.63, 3.8) is 0 Å². The van der Waals surface area contributed by atoms with Gasteiger partial charge in [-0.2, -0.15) is 0 Å². The lowest BCUT2D eigenvalue weighted by atomic mass is 10.1. The molecule has 0 saturated carbocycles. The largest absolute Gasteiger partial charge is 0.452 e. The summed E-state index contributed by atoms with van der Waals surface area (Å²) in [6, 6.07) is 10.2. The number of ether oxygens (including phenoxy) is 1. The average Bonchev–Trinajstić information content (AvgIpc) is 3.06. The van der Waals surface area contributed by atoms with Crippen LogP contribution in [0.3, 0.4) is 0 Å². The quantitative estimate of drug-likeness (QED) is 0.311. The molecule has 1 saturated heterocycles. The number of carbonyl (C=O) groups is 4. The Kier molecular flexibility index (Phi) is 6.39. The van der Waals surface area contributed by atoms with Crippen molar-refractivity contribution in [3.8, 4) is 0 Å². The summed E-state index contributed by atoms with van der Waals surface area (Å²) in [5.41, 5.74) is 1.68. The highest BCUT2D eigenvalue weighted by molar-refractivity contribution is 6.01. The van der Waals surface area contributed by atoms with E-state index in [-0.39, 0.29) is 42.5 Å². The highest BCUT2D eigenvalue weighted by Crippen LogP contribution is 2.21. The van der Waals surface area contributed by atoms with Crippen molar-refractivity contribution in [1.29, 1.82) is 0 Å². The number of aryl methyl sites for hydroxylation is 1. The molecule has 3 rings (SSSR count). The minimum Gasteiger partial charge on any atom is -0.452 e. The van der Waals surface area contributed by atoms with Crippen LogP contribution < -0.4 is 5.32 Å². The Bertz CT molecular complexity index is 1050. The molecule has 0 unspecified atom stereocenters. The third kappa shape index (κ3) is 5.30. The van der Waals surface area contributed by atoms with E-state index in [4.69, 9.17) is 4.74 Å². The summed E-state index contributed by atoms with van der Waals surface area (Å²) in [5, 5.41) is 13.3. The lowest BCUT2D eigenvalue weighted by molar-refractivity contribution is -0.384. The van der Waals surface area contributed by atoms with Gasteiger partial charge >= 0.3 is 5.97 Å². The molecule has 1 heterocycles. The van der Waals surface area contributed by atoms with Gasteiger partial charge in [0.2, 0.25) is 11.8 Å². The standard InChI is InChI=1S/C21H19N3O7/c1-13-10-16(24(29)30)6-7-17(13)22-18(25)12-31-21(28)15-4-2-14(3-5-15)11-23-19(26)8-9-20(23)27/h2-7,10H,8-9,11-12H2,1H3,(H,22,25). The Morgan fingerprint density at radius 3 is 2.32 bits per heavy atom. The van der Waals surface area contributed by atoms with Crippen LogP contribution in [-0.2, 0) is 25.7 Å². The molecule has 1 fully saturated rings. The number of nitro benzene ring substituents is 1. The van der Waals surface area contributed by atoms with Crippen LogP contribution >= 0.6 is 0 Å². The molecular weight excluding hydrogens is 406 g/mol. The fourth-order valence-electron chi connectivity index (χ4n) is 3.03. The first-order chi connectivity index (χ1) is 14.7. The Morgan fingerprint density at radius 2 is 1.74 bits per heavy atom. The van der Waals surface area contributed by atoms with Gasteiger partial charge in [-0.25, -0.2) is 4.79 Å². The molecule has 1 N–H and O–H groups in total. The molecule has 0 spiro atoms. The highest BCUT2D eigenvalue weighted by atomic mass is 16.6. The number of anilines is 1. The maximum absolute atomic E-state index is 12.2. The van der Waals surface area contributed by atoms with E-state index in [1.807, 2.05) is 0 Å². The third-order valence-corrected chi connectivity index (χ3v) is 4.71. The number of rotatable bonds is 7. The minimum absolute atomic E-state index is 0.0937. The van der Waals surface area contributed by atoms with Gasteiger partial charge in [-0.3, -0.25) is 29.4 Å².